The van der Waals surface area contributed by atoms with Crippen LogP contribution in [0, 0.1) is 5.92 Å². The fourth-order valence-electron chi connectivity index (χ4n) is 2.07. The summed E-state index contributed by atoms with van der Waals surface area (Å²) in [6, 6.07) is -1.64. The second-order valence-corrected chi connectivity index (χ2v) is 8.56. The Hall–Kier alpha value is -0.960. The molecule has 2 amide bonds. The van der Waals surface area contributed by atoms with Gasteiger partial charge in [0.2, 0.25) is 0 Å². The number of sulfone groups is 1. The fourth-order valence-corrected chi connectivity index (χ4v) is 4.88. The van der Waals surface area contributed by atoms with Crippen LogP contribution in [0.5, 0.6) is 0 Å². The molecule has 0 bridgehead atoms. The number of carboxylic acid groups (broad SMARTS) is 1. The highest BCUT2D eigenvalue weighted by atomic mass is 32.2. The van der Waals surface area contributed by atoms with Crippen LogP contribution in [0.1, 0.15) is 20.3 Å². The lowest BCUT2D eigenvalue weighted by Gasteiger charge is -2.35. The molecule has 0 aliphatic carbocycles. The van der Waals surface area contributed by atoms with Gasteiger partial charge in [0, 0.05) is 24.3 Å². The Morgan fingerprint density at radius 1 is 1.48 bits per heavy atom. The van der Waals surface area contributed by atoms with Crippen molar-refractivity contribution in [2.24, 2.45) is 5.92 Å². The molecule has 21 heavy (non-hydrogen) atoms. The van der Waals surface area contributed by atoms with Crippen LogP contribution in [0.15, 0.2) is 0 Å². The van der Waals surface area contributed by atoms with Gasteiger partial charge in [-0.25, -0.2) is 18.0 Å². The van der Waals surface area contributed by atoms with Gasteiger partial charge in [0.1, 0.15) is 11.4 Å². The molecule has 1 rings (SSSR count). The number of hydrogen-bond acceptors (Lipinski definition) is 5. The lowest BCUT2D eigenvalue weighted by atomic mass is 9.99. The highest BCUT2D eigenvalue weighted by molar-refractivity contribution is 8.00. The van der Waals surface area contributed by atoms with E-state index in [1.54, 1.807) is 6.92 Å². The number of rotatable bonds is 5. The number of nitrogens with zero attached hydrogens (tertiary/aromatic N) is 1. The maximum atomic E-state index is 12.3. The molecule has 9 heteroatoms. The number of thioether (sulfide) groups is 1. The molecule has 1 aliphatic heterocycles. The van der Waals surface area contributed by atoms with Gasteiger partial charge in [-0.3, -0.25) is 0 Å². The predicted octanol–water partition coefficient (Wildman–Crippen LogP) is 0.615. The van der Waals surface area contributed by atoms with E-state index >= 15 is 0 Å². The number of amides is 2. The molecule has 0 aromatic carbocycles. The molecule has 0 aromatic rings. The first-order chi connectivity index (χ1) is 9.68. The molecule has 1 heterocycles. The molecule has 7 nitrogen and oxygen atoms in total. The second-order valence-electron chi connectivity index (χ2n) is 5.20. The van der Waals surface area contributed by atoms with E-state index in [0.29, 0.717) is 24.5 Å². The van der Waals surface area contributed by atoms with Crippen LogP contribution in [0.3, 0.4) is 0 Å². The highest BCUT2D eigenvalue weighted by Gasteiger charge is 2.36. The quantitative estimate of drug-likeness (QED) is 0.761. The molecule has 1 aliphatic rings. The Morgan fingerprint density at radius 3 is 2.57 bits per heavy atom. The molecule has 1 fully saturated rings. The van der Waals surface area contributed by atoms with Gasteiger partial charge in [-0.15, -0.1) is 0 Å². The van der Waals surface area contributed by atoms with Gasteiger partial charge >= 0.3 is 12.0 Å². The first kappa shape index (κ1) is 18.1. The average Bonchev–Trinajstić information content (AvgIpc) is 2.42. The van der Waals surface area contributed by atoms with E-state index in [4.69, 9.17) is 0 Å². The maximum Gasteiger partial charge on any atom is 0.326 e. The number of carbonyl (C=O) groups excluding carboxylic acids is 1. The van der Waals surface area contributed by atoms with Crippen LogP contribution in [0.4, 0.5) is 4.79 Å². The minimum atomic E-state index is -3.41. The van der Waals surface area contributed by atoms with Crippen molar-refractivity contribution in [1.82, 2.24) is 10.2 Å². The van der Waals surface area contributed by atoms with E-state index in [-0.39, 0.29) is 5.92 Å². The summed E-state index contributed by atoms with van der Waals surface area (Å²) < 4.78 is 23.5. The van der Waals surface area contributed by atoms with Crippen molar-refractivity contribution in [1.29, 1.82) is 0 Å². The minimum Gasteiger partial charge on any atom is -0.480 e. The predicted molar refractivity (Wildman–Crippen MR) is 82.1 cm³/mol. The van der Waals surface area contributed by atoms with E-state index in [0.717, 1.165) is 6.26 Å². The van der Waals surface area contributed by atoms with Crippen molar-refractivity contribution >= 4 is 33.6 Å². The molecule has 0 saturated carbocycles. The lowest BCUT2D eigenvalue weighted by Crippen LogP contribution is -2.57. The topological polar surface area (TPSA) is 104 Å². The van der Waals surface area contributed by atoms with Gasteiger partial charge in [0.15, 0.2) is 9.84 Å². The Balaban J connectivity index is 2.87. The monoisotopic (exact) mass is 338 g/mol. The molecule has 0 spiro atoms. The van der Waals surface area contributed by atoms with Crippen LogP contribution in [-0.2, 0) is 14.6 Å². The van der Waals surface area contributed by atoms with Gasteiger partial charge in [-0.1, -0.05) is 20.3 Å². The minimum absolute atomic E-state index is 0.234. The van der Waals surface area contributed by atoms with Crippen molar-refractivity contribution in [3.05, 3.63) is 0 Å². The van der Waals surface area contributed by atoms with Crippen LogP contribution in [0.25, 0.3) is 0 Å². The van der Waals surface area contributed by atoms with E-state index < -0.39 is 33.3 Å². The largest absolute Gasteiger partial charge is 0.480 e. The fraction of sp³-hybridized carbons (Fsp3) is 0.833. The first-order valence-corrected chi connectivity index (χ1v) is 9.86. The molecule has 0 aromatic heterocycles. The summed E-state index contributed by atoms with van der Waals surface area (Å²) in [4.78, 5) is 24.7. The smallest absolute Gasteiger partial charge is 0.326 e. The van der Waals surface area contributed by atoms with Gasteiger partial charge in [-0.2, -0.15) is 11.8 Å². The van der Waals surface area contributed by atoms with E-state index in [1.165, 1.54) is 16.7 Å². The van der Waals surface area contributed by atoms with Gasteiger partial charge in [-0.05, 0) is 5.92 Å². The van der Waals surface area contributed by atoms with E-state index in [2.05, 4.69) is 5.32 Å². The summed E-state index contributed by atoms with van der Waals surface area (Å²) in [5, 5.41) is 10.7. The van der Waals surface area contributed by atoms with Crippen LogP contribution in [-0.4, -0.2) is 66.1 Å². The van der Waals surface area contributed by atoms with Crippen LogP contribution >= 0.6 is 11.8 Å². The summed E-state index contributed by atoms with van der Waals surface area (Å²) in [7, 11) is -3.41. The van der Waals surface area contributed by atoms with Crippen molar-refractivity contribution < 1.29 is 23.1 Å². The van der Waals surface area contributed by atoms with Gasteiger partial charge in [0.25, 0.3) is 0 Å². The number of aliphatic carboxylic acids is 1. The molecular weight excluding hydrogens is 316 g/mol. The molecule has 1 saturated heterocycles. The number of carbonyl (C=O) groups is 2. The van der Waals surface area contributed by atoms with Crippen LogP contribution in [0.2, 0.25) is 0 Å². The summed E-state index contributed by atoms with van der Waals surface area (Å²) in [5.74, 6) is -0.393. The van der Waals surface area contributed by atoms with Gasteiger partial charge < -0.3 is 15.3 Å². The summed E-state index contributed by atoms with van der Waals surface area (Å²) >= 11 is 1.47. The zero-order valence-electron chi connectivity index (χ0n) is 12.4. The molecule has 2 unspecified atom stereocenters. The third kappa shape index (κ3) is 4.77. The summed E-state index contributed by atoms with van der Waals surface area (Å²) in [6.45, 7) is 3.86. The Bertz CT molecular complexity index is 494. The Kier molecular flexibility index (Phi) is 6.33. The number of nitrogens with one attached hydrogen (secondary N) is 1. The first-order valence-electron chi connectivity index (χ1n) is 6.75. The zero-order valence-corrected chi connectivity index (χ0v) is 14.0. The van der Waals surface area contributed by atoms with Crippen LogP contribution < -0.4 is 5.32 Å². The SMILES string of the molecule is CCC(C)[C@H](NC(=O)N1CCSCC1S(C)(=O)=O)C(=O)O. The summed E-state index contributed by atoms with van der Waals surface area (Å²) in [6.07, 6.45) is 1.69. The van der Waals surface area contributed by atoms with Crippen molar-refractivity contribution in [3.8, 4) is 0 Å². The highest BCUT2D eigenvalue weighted by Crippen LogP contribution is 2.21. The standard InChI is InChI=1S/C12H22N2O5S2/c1-4-8(2)10(11(15)16)13-12(17)14-5-6-20-7-9(14)21(3,18)19/h8-10H,4-7H2,1-3H3,(H,13,17)(H,15,16)/t8?,9?,10-/m0/s1. The van der Waals surface area contributed by atoms with Crippen molar-refractivity contribution in [2.45, 2.75) is 31.7 Å². The third-order valence-corrected chi connectivity index (χ3v) is 6.24. The molecule has 0 radical (unpaired) electrons. The number of urea groups is 1. The summed E-state index contributed by atoms with van der Waals surface area (Å²) in [5.41, 5.74) is 0. The number of hydrogen-bond donors (Lipinski definition) is 2. The third-order valence-electron chi connectivity index (χ3n) is 3.60. The van der Waals surface area contributed by atoms with Crippen molar-refractivity contribution in [3.63, 3.8) is 0 Å². The average molecular weight is 338 g/mol. The molecule has 2 N–H and O–H groups in total. The van der Waals surface area contributed by atoms with Gasteiger partial charge in [0.05, 0.1) is 0 Å². The normalized spacial score (nSPS) is 22.4. The number of carboxylic acids is 1. The van der Waals surface area contributed by atoms with E-state index in [9.17, 15) is 23.1 Å². The molecular formula is C12H22N2O5S2. The Labute approximate surface area is 129 Å². The second kappa shape index (κ2) is 7.35. The molecule has 3 atom stereocenters. The molecule has 122 valence electrons. The van der Waals surface area contributed by atoms with E-state index in [1.807, 2.05) is 6.92 Å². The zero-order chi connectivity index (χ0) is 16.2. The maximum absolute atomic E-state index is 12.3. The lowest BCUT2D eigenvalue weighted by molar-refractivity contribution is -0.140. The Morgan fingerprint density at radius 2 is 2.10 bits per heavy atom. The van der Waals surface area contributed by atoms with Crippen molar-refractivity contribution in [2.75, 3.05) is 24.3 Å².